The fraction of sp³-hybridized carbons (Fsp3) is 0.714. The zero-order valence-corrected chi connectivity index (χ0v) is 15.0. The van der Waals surface area contributed by atoms with Crippen LogP contribution in [0.1, 0.15) is 90.5 Å². The lowest BCUT2D eigenvalue weighted by molar-refractivity contribution is 0.00243. The third kappa shape index (κ3) is 4.06. The molecule has 0 aromatic heterocycles. The van der Waals surface area contributed by atoms with Crippen molar-refractivity contribution in [3.8, 4) is 5.75 Å². The van der Waals surface area contributed by atoms with Crippen LogP contribution in [0, 0.1) is 5.92 Å². The van der Waals surface area contributed by atoms with E-state index in [1.165, 1.54) is 56.9 Å². The lowest BCUT2D eigenvalue weighted by atomic mass is 9.70. The standard InChI is InChI=1S/C21H34O/c1-5-7-9-13-17-18-14-11-12-16-20(18)22-21(3,4)19(17)15-10-8-6-2/h11-12,14,16-17,19H,5-10,13,15H2,1-4H3/t17-,19-/m0/s1. The first-order chi connectivity index (χ1) is 10.6. The molecule has 0 saturated carbocycles. The first kappa shape index (κ1) is 17.4. The SMILES string of the molecule is CCCCC[C@H]1c2ccccc2OC(C)(C)[C@H]1CCCCC. The Morgan fingerprint density at radius 3 is 2.23 bits per heavy atom. The lowest BCUT2D eigenvalue weighted by Gasteiger charge is -2.45. The highest BCUT2D eigenvalue weighted by atomic mass is 16.5. The van der Waals surface area contributed by atoms with Gasteiger partial charge >= 0.3 is 0 Å². The Labute approximate surface area is 137 Å². The molecule has 0 bridgehead atoms. The Kier molecular flexibility index (Phi) is 6.35. The van der Waals surface area contributed by atoms with Crippen LogP contribution in [-0.4, -0.2) is 5.60 Å². The lowest BCUT2D eigenvalue weighted by Crippen LogP contribution is -2.44. The highest BCUT2D eigenvalue weighted by Crippen LogP contribution is 2.49. The van der Waals surface area contributed by atoms with Gasteiger partial charge in [0.05, 0.1) is 0 Å². The third-order valence-corrected chi connectivity index (χ3v) is 5.31. The van der Waals surface area contributed by atoms with Crippen molar-refractivity contribution in [2.75, 3.05) is 0 Å². The number of hydrogen-bond acceptors (Lipinski definition) is 1. The molecule has 2 atom stereocenters. The molecule has 0 amide bonds. The summed E-state index contributed by atoms with van der Waals surface area (Å²) in [6.45, 7) is 9.18. The molecule has 124 valence electrons. The van der Waals surface area contributed by atoms with Crippen molar-refractivity contribution in [3.63, 3.8) is 0 Å². The summed E-state index contributed by atoms with van der Waals surface area (Å²) in [5.74, 6) is 2.44. The first-order valence-corrected chi connectivity index (χ1v) is 9.38. The molecule has 22 heavy (non-hydrogen) atoms. The van der Waals surface area contributed by atoms with Gasteiger partial charge in [0.2, 0.25) is 0 Å². The molecule has 0 fully saturated rings. The number of unbranched alkanes of at least 4 members (excludes halogenated alkanes) is 4. The van der Waals surface area contributed by atoms with Crippen LogP contribution in [0.2, 0.25) is 0 Å². The number of rotatable bonds is 8. The van der Waals surface area contributed by atoms with Crippen molar-refractivity contribution in [2.45, 2.75) is 90.6 Å². The first-order valence-electron chi connectivity index (χ1n) is 9.38. The van der Waals surface area contributed by atoms with Gasteiger partial charge in [0.1, 0.15) is 11.4 Å². The highest BCUT2D eigenvalue weighted by molar-refractivity contribution is 5.40. The second-order valence-corrected chi connectivity index (χ2v) is 7.45. The Morgan fingerprint density at radius 1 is 0.909 bits per heavy atom. The minimum absolute atomic E-state index is 0.0427. The topological polar surface area (TPSA) is 9.23 Å². The Bertz CT molecular complexity index is 449. The summed E-state index contributed by atoms with van der Waals surface area (Å²) in [6.07, 6.45) is 10.6. The predicted molar refractivity (Wildman–Crippen MR) is 95.7 cm³/mol. The molecule has 1 nitrogen and oxygen atoms in total. The van der Waals surface area contributed by atoms with Gasteiger partial charge in [-0.1, -0.05) is 70.6 Å². The minimum atomic E-state index is -0.0427. The molecule has 0 radical (unpaired) electrons. The van der Waals surface area contributed by atoms with Gasteiger partial charge in [-0.25, -0.2) is 0 Å². The van der Waals surface area contributed by atoms with E-state index in [0.717, 1.165) is 5.75 Å². The molecule has 1 aromatic carbocycles. The minimum Gasteiger partial charge on any atom is -0.487 e. The van der Waals surface area contributed by atoms with E-state index in [1.807, 2.05) is 0 Å². The van der Waals surface area contributed by atoms with E-state index < -0.39 is 0 Å². The molecule has 2 rings (SSSR count). The summed E-state index contributed by atoms with van der Waals surface area (Å²) >= 11 is 0. The summed E-state index contributed by atoms with van der Waals surface area (Å²) in [5, 5.41) is 0. The summed E-state index contributed by atoms with van der Waals surface area (Å²) in [4.78, 5) is 0. The Hall–Kier alpha value is -0.980. The van der Waals surface area contributed by atoms with Crippen molar-refractivity contribution >= 4 is 0 Å². The van der Waals surface area contributed by atoms with Crippen molar-refractivity contribution < 1.29 is 4.74 Å². The average Bonchev–Trinajstić information content (AvgIpc) is 2.49. The van der Waals surface area contributed by atoms with Gasteiger partial charge in [-0.05, 0) is 44.2 Å². The number of benzene rings is 1. The van der Waals surface area contributed by atoms with Crippen molar-refractivity contribution in [3.05, 3.63) is 29.8 Å². The van der Waals surface area contributed by atoms with E-state index in [-0.39, 0.29) is 5.60 Å². The molecular formula is C21H34O. The zero-order valence-electron chi connectivity index (χ0n) is 15.0. The van der Waals surface area contributed by atoms with Gasteiger partial charge < -0.3 is 4.74 Å². The quantitative estimate of drug-likeness (QED) is 0.484. The van der Waals surface area contributed by atoms with E-state index in [4.69, 9.17) is 4.74 Å². The van der Waals surface area contributed by atoms with E-state index in [2.05, 4.69) is 52.0 Å². The van der Waals surface area contributed by atoms with E-state index >= 15 is 0 Å². The van der Waals surface area contributed by atoms with Crippen molar-refractivity contribution in [2.24, 2.45) is 5.92 Å². The van der Waals surface area contributed by atoms with Gasteiger partial charge in [-0.15, -0.1) is 0 Å². The molecular weight excluding hydrogens is 268 g/mol. The van der Waals surface area contributed by atoms with Gasteiger partial charge in [0.15, 0.2) is 0 Å². The maximum atomic E-state index is 6.40. The Balaban J connectivity index is 2.22. The Morgan fingerprint density at radius 2 is 1.55 bits per heavy atom. The van der Waals surface area contributed by atoms with Crippen LogP contribution < -0.4 is 4.74 Å². The number of fused-ring (bicyclic) bond motifs is 1. The fourth-order valence-electron chi connectivity index (χ4n) is 4.07. The van der Waals surface area contributed by atoms with E-state index in [1.54, 1.807) is 0 Å². The fourth-order valence-corrected chi connectivity index (χ4v) is 4.07. The molecule has 0 spiro atoms. The van der Waals surface area contributed by atoms with Crippen LogP contribution in [0.3, 0.4) is 0 Å². The molecule has 0 unspecified atom stereocenters. The monoisotopic (exact) mass is 302 g/mol. The molecule has 1 aliphatic heterocycles. The summed E-state index contributed by atoms with van der Waals surface area (Å²) in [6, 6.07) is 8.74. The van der Waals surface area contributed by atoms with Crippen LogP contribution in [0.4, 0.5) is 0 Å². The second kappa shape index (κ2) is 8.04. The molecule has 1 heteroatoms. The molecule has 0 aliphatic carbocycles. The summed E-state index contributed by atoms with van der Waals surface area (Å²) in [5.41, 5.74) is 1.42. The van der Waals surface area contributed by atoms with E-state index in [9.17, 15) is 0 Å². The largest absolute Gasteiger partial charge is 0.487 e. The van der Waals surface area contributed by atoms with Gasteiger partial charge in [0, 0.05) is 5.92 Å². The maximum Gasteiger partial charge on any atom is 0.123 e. The van der Waals surface area contributed by atoms with Gasteiger partial charge in [0.25, 0.3) is 0 Å². The molecule has 1 heterocycles. The molecule has 1 aromatic rings. The normalized spacial score (nSPS) is 22.9. The van der Waals surface area contributed by atoms with Crippen LogP contribution in [0.15, 0.2) is 24.3 Å². The average molecular weight is 303 g/mol. The van der Waals surface area contributed by atoms with Gasteiger partial charge in [-0.2, -0.15) is 0 Å². The molecule has 0 saturated heterocycles. The van der Waals surface area contributed by atoms with Crippen LogP contribution >= 0.6 is 0 Å². The second-order valence-electron chi connectivity index (χ2n) is 7.45. The van der Waals surface area contributed by atoms with Crippen LogP contribution in [-0.2, 0) is 0 Å². The number of hydrogen-bond donors (Lipinski definition) is 0. The summed E-state index contributed by atoms with van der Waals surface area (Å²) in [7, 11) is 0. The van der Waals surface area contributed by atoms with Crippen molar-refractivity contribution in [1.29, 1.82) is 0 Å². The van der Waals surface area contributed by atoms with Crippen LogP contribution in [0.5, 0.6) is 5.75 Å². The number of para-hydroxylation sites is 1. The summed E-state index contributed by atoms with van der Waals surface area (Å²) < 4.78 is 6.40. The zero-order chi connectivity index (χ0) is 16.0. The number of ether oxygens (including phenoxy) is 1. The van der Waals surface area contributed by atoms with Gasteiger partial charge in [-0.3, -0.25) is 0 Å². The van der Waals surface area contributed by atoms with Crippen LogP contribution in [0.25, 0.3) is 0 Å². The smallest absolute Gasteiger partial charge is 0.123 e. The third-order valence-electron chi connectivity index (χ3n) is 5.31. The maximum absolute atomic E-state index is 6.40. The molecule has 1 aliphatic rings. The van der Waals surface area contributed by atoms with E-state index in [0.29, 0.717) is 11.8 Å². The van der Waals surface area contributed by atoms with Crippen molar-refractivity contribution in [1.82, 2.24) is 0 Å². The predicted octanol–water partition coefficient (Wildman–Crippen LogP) is 6.72. The highest BCUT2D eigenvalue weighted by Gasteiger charge is 2.42. The molecule has 0 N–H and O–H groups in total.